The summed E-state index contributed by atoms with van der Waals surface area (Å²) in [6.45, 7) is 6.80. The average Bonchev–Trinajstić information content (AvgIpc) is 2.74. The molecule has 0 radical (unpaired) electrons. The molecule has 4 nitrogen and oxygen atoms in total. The number of hydrogen-bond acceptors (Lipinski definition) is 3. The largest absolute Gasteiger partial charge is 0.354 e. The summed E-state index contributed by atoms with van der Waals surface area (Å²) in [5, 5.41) is 2.92. The molecule has 0 bridgehead atoms. The maximum Gasteiger partial charge on any atom is 0.242 e. The number of amides is 2. The van der Waals surface area contributed by atoms with E-state index in [2.05, 4.69) is 12.2 Å². The minimum atomic E-state index is -0.581. The molecule has 0 heterocycles. The second-order valence-electron chi connectivity index (χ2n) is 7.35. The third-order valence-corrected chi connectivity index (χ3v) is 6.01. The Balaban J connectivity index is 2.07. The Labute approximate surface area is 183 Å². The predicted molar refractivity (Wildman–Crippen MR) is 122 cm³/mol. The molecule has 162 valence electrons. The van der Waals surface area contributed by atoms with Gasteiger partial charge in [-0.15, -0.1) is 11.8 Å². The third kappa shape index (κ3) is 7.17. The molecule has 0 aliphatic heterocycles. The summed E-state index contributed by atoms with van der Waals surface area (Å²) in [5.74, 6) is 0.0561. The molecule has 0 saturated heterocycles. The number of hydrogen-bond donors (Lipinski definition) is 1. The molecule has 30 heavy (non-hydrogen) atoms. The van der Waals surface area contributed by atoms with E-state index in [1.807, 2.05) is 31.2 Å². The van der Waals surface area contributed by atoms with Crippen LogP contribution in [0.4, 0.5) is 4.39 Å². The fourth-order valence-corrected chi connectivity index (χ4v) is 3.93. The first-order valence-corrected chi connectivity index (χ1v) is 11.5. The highest BCUT2D eigenvalue weighted by molar-refractivity contribution is 7.99. The van der Waals surface area contributed by atoms with Crippen LogP contribution in [0, 0.1) is 12.7 Å². The van der Waals surface area contributed by atoms with Crippen molar-refractivity contribution < 1.29 is 14.0 Å². The van der Waals surface area contributed by atoms with Gasteiger partial charge in [0, 0.05) is 18.8 Å². The number of nitrogens with one attached hydrogen (secondary N) is 1. The minimum absolute atomic E-state index is 0.127. The number of nitrogens with zero attached hydrogens (tertiary/aromatic N) is 1. The van der Waals surface area contributed by atoms with Crippen LogP contribution in [0.2, 0.25) is 0 Å². The number of aryl methyl sites for hydroxylation is 1. The summed E-state index contributed by atoms with van der Waals surface area (Å²) in [4.78, 5) is 27.3. The number of unbranched alkanes of at least 4 members (excludes halogenated alkanes) is 1. The molecule has 2 rings (SSSR count). The first kappa shape index (κ1) is 23.9. The van der Waals surface area contributed by atoms with Gasteiger partial charge in [0.25, 0.3) is 0 Å². The molecule has 2 aromatic carbocycles. The van der Waals surface area contributed by atoms with Crippen molar-refractivity contribution in [2.45, 2.75) is 52.0 Å². The van der Waals surface area contributed by atoms with Crippen molar-refractivity contribution in [2.24, 2.45) is 0 Å². The van der Waals surface area contributed by atoms with Gasteiger partial charge in [-0.3, -0.25) is 9.59 Å². The molecule has 1 atom stereocenters. The summed E-state index contributed by atoms with van der Waals surface area (Å²) in [6, 6.07) is 13.9. The van der Waals surface area contributed by atoms with Crippen molar-refractivity contribution in [1.29, 1.82) is 0 Å². The number of benzene rings is 2. The standard InChI is InChI=1S/C24H31FN2O2S/c1-4-5-14-26-24(29)19(3)27(15-20-11-7-6-10-18(20)2)23(28)17-30-16-21-12-8-9-13-22(21)25/h6-13,19H,4-5,14-17H2,1-3H3,(H,26,29)/t19-/m1/s1. The van der Waals surface area contributed by atoms with Gasteiger partial charge >= 0.3 is 0 Å². The van der Waals surface area contributed by atoms with Crippen molar-refractivity contribution in [3.05, 3.63) is 71.0 Å². The van der Waals surface area contributed by atoms with Crippen molar-refractivity contribution in [3.8, 4) is 0 Å². The minimum Gasteiger partial charge on any atom is -0.354 e. The Morgan fingerprint density at radius 1 is 1.10 bits per heavy atom. The number of carbonyl (C=O) groups is 2. The molecular weight excluding hydrogens is 399 g/mol. The molecule has 0 spiro atoms. The smallest absolute Gasteiger partial charge is 0.242 e. The Kier molecular flexibility index (Phi) is 9.87. The van der Waals surface area contributed by atoms with E-state index in [4.69, 9.17) is 0 Å². The van der Waals surface area contributed by atoms with Crippen LogP contribution >= 0.6 is 11.8 Å². The van der Waals surface area contributed by atoms with E-state index in [1.165, 1.54) is 17.8 Å². The van der Waals surface area contributed by atoms with Crippen LogP contribution in [0.3, 0.4) is 0 Å². The lowest BCUT2D eigenvalue weighted by Gasteiger charge is -2.29. The summed E-state index contributed by atoms with van der Waals surface area (Å²) >= 11 is 1.36. The van der Waals surface area contributed by atoms with Gasteiger partial charge in [0.05, 0.1) is 5.75 Å². The van der Waals surface area contributed by atoms with Gasteiger partial charge in [-0.1, -0.05) is 55.8 Å². The normalized spacial score (nSPS) is 11.7. The maximum absolute atomic E-state index is 13.8. The average molecular weight is 431 g/mol. The molecule has 0 aliphatic rings. The fourth-order valence-electron chi connectivity index (χ4n) is 3.04. The second kappa shape index (κ2) is 12.4. The highest BCUT2D eigenvalue weighted by atomic mass is 32.2. The Morgan fingerprint density at radius 3 is 2.43 bits per heavy atom. The summed E-state index contributed by atoms with van der Waals surface area (Å²) in [5.41, 5.74) is 2.66. The van der Waals surface area contributed by atoms with Gasteiger partial charge in [0.1, 0.15) is 11.9 Å². The molecular formula is C24H31FN2O2S. The molecule has 0 saturated carbocycles. The van der Waals surface area contributed by atoms with Gasteiger partial charge in [0.2, 0.25) is 11.8 Å². The molecule has 0 aromatic heterocycles. The monoisotopic (exact) mass is 430 g/mol. The van der Waals surface area contributed by atoms with Crippen molar-refractivity contribution in [1.82, 2.24) is 10.2 Å². The van der Waals surface area contributed by atoms with Crippen LogP contribution in [0.25, 0.3) is 0 Å². The van der Waals surface area contributed by atoms with E-state index < -0.39 is 6.04 Å². The van der Waals surface area contributed by atoms with Gasteiger partial charge < -0.3 is 10.2 Å². The first-order chi connectivity index (χ1) is 14.4. The lowest BCUT2D eigenvalue weighted by molar-refractivity contribution is -0.138. The summed E-state index contributed by atoms with van der Waals surface area (Å²) in [6.07, 6.45) is 1.90. The fraction of sp³-hybridized carbons (Fsp3) is 0.417. The lowest BCUT2D eigenvalue weighted by atomic mass is 10.1. The topological polar surface area (TPSA) is 49.4 Å². The van der Waals surface area contributed by atoms with Crippen LogP contribution in [-0.4, -0.2) is 35.1 Å². The highest BCUT2D eigenvalue weighted by Crippen LogP contribution is 2.18. The number of rotatable bonds is 11. The van der Waals surface area contributed by atoms with Gasteiger partial charge in [-0.2, -0.15) is 0 Å². The molecule has 6 heteroatoms. The van der Waals surface area contributed by atoms with Crippen molar-refractivity contribution in [3.63, 3.8) is 0 Å². The Bertz CT molecular complexity index is 843. The van der Waals surface area contributed by atoms with Crippen LogP contribution in [0.5, 0.6) is 0 Å². The Morgan fingerprint density at radius 2 is 1.77 bits per heavy atom. The van der Waals surface area contributed by atoms with Crippen molar-refractivity contribution >= 4 is 23.6 Å². The zero-order chi connectivity index (χ0) is 21.9. The van der Waals surface area contributed by atoms with Crippen LogP contribution in [0.1, 0.15) is 43.4 Å². The van der Waals surface area contributed by atoms with Gasteiger partial charge in [0.15, 0.2) is 0 Å². The van der Waals surface area contributed by atoms with Gasteiger partial charge in [-0.05, 0) is 43.0 Å². The second-order valence-corrected chi connectivity index (χ2v) is 8.34. The molecule has 0 aliphatic carbocycles. The van der Waals surface area contributed by atoms with Crippen LogP contribution in [0.15, 0.2) is 48.5 Å². The number of thioether (sulfide) groups is 1. The maximum atomic E-state index is 13.8. The number of carbonyl (C=O) groups excluding carboxylic acids is 2. The molecule has 2 aromatic rings. The zero-order valence-corrected chi connectivity index (χ0v) is 18.8. The van der Waals surface area contributed by atoms with E-state index in [0.717, 1.165) is 24.0 Å². The van der Waals surface area contributed by atoms with E-state index in [9.17, 15) is 14.0 Å². The quantitative estimate of drug-likeness (QED) is 0.526. The molecule has 0 fully saturated rings. The summed E-state index contributed by atoms with van der Waals surface area (Å²) < 4.78 is 13.8. The third-order valence-electron chi connectivity index (χ3n) is 5.04. The van der Waals surface area contributed by atoms with Crippen LogP contribution in [-0.2, 0) is 21.9 Å². The summed E-state index contributed by atoms with van der Waals surface area (Å²) in [7, 11) is 0. The first-order valence-electron chi connectivity index (χ1n) is 10.4. The molecule has 1 N–H and O–H groups in total. The van der Waals surface area contributed by atoms with Crippen molar-refractivity contribution in [2.75, 3.05) is 12.3 Å². The van der Waals surface area contributed by atoms with E-state index in [1.54, 1.807) is 30.0 Å². The number of halogens is 1. The predicted octanol–water partition coefficient (Wildman–Crippen LogP) is 4.70. The molecule has 2 amide bonds. The van der Waals surface area contributed by atoms with Gasteiger partial charge in [-0.25, -0.2) is 4.39 Å². The van der Waals surface area contributed by atoms with E-state index in [-0.39, 0.29) is 23.4 Å². The highest BCUT2D eigenvalue weighted by Gasteiger charge is 2.26. The molecule has 0 unspecified atom stereocenters. The SMILES string of the molecule is CCCCNC(=O)[C@@H](C)N(Cc1ccccc1C)C(=O)CSCc1ccccc1F. The zero-order valence-electron chi connectivity index (χ0n) is 18.0. The van der Waals surface area contributed by atoms with Crippen LogP contribution < -0.4 is 5.32 Å². The lowest BCUT2D eigenvalue weighted by Crippen LogP contribution is -2.48. The Hall–Kier alpha value is -2.34. The van der Waals surface area contributed by atoms with E-state index in [0.29, 0.717) is 24.4 Å². The van der Waals surface area contributed by atoms with E-state index >= 15 is 0 Å².